The van der Waals surface area contributed by atoms with E-state index in [-0.39, 0.29) is 24.1 Å². The highest BCUT2D eigenvalue weighted by Crippen LogP contribution is 2.10. The Morgan fingerprint density at radius 3 is 2.85 bits per heavy atom. The topological polar surface area (TPSA) is 61.9 Å². The summed E-state index contributed by atoms with van der Waals surface area (Å²) in [7, 11) is 1.60. The van der Waals surface area contributed by atoms with Crippen molar-refractivity contribution in [1.29, 1.82) is 0 Å². The van der Waals surface area contributed by atoms with Crippen LogP contribution in [0.3, 0.4) is 0 Å². The Balaban J connectivity index is 2.06. The SMILES string of the molecule is CCCc1nc(C(=O)N(C)Cc2ccccc2F)n[nH]1. The minimum atomic E-state index is -0.327. The Labute approximate surface area is 116 Å². The number of aryl methyl sites for hydroxylation is 1. The van der Waals surface area contributed by atoms with Gasteiger partial charge in [-0.3, -0.25) is 9.89 Å². The van der Waals surface area contributed by atoms with Gasteiger partial charge in [0.25, 0.3) is 5.91 Å². The fourth-order valence-corrected chi connectivity index (χ4v) is 1.86. The average Bonchev–Trinajstić information content (AvgIpc) is 2.89. The van der Waals surface area contributed by atoms with Gasteiger partial charge in [0.1, 0.15) is 11.6 Å². The number of amides is 1. The number of H-pyrrole nitrogens is 1. The molecule has 0 bridgehead atoms. The van der Waals surface area contributed by atoms with Crippen molar-refractivity contribution >= 4 is 5.91 Å². The molecule has 106 valence electrons. The highest BCUT2D eigenvalue weighted by molar-refractivity contribution is 5.90. The van der Waals surface area contributed by atoms with E-state index >= 15 is 0 Å². The van der Waals surface area contributed by atoms with Gasteiger partial charge in [-0.15, -0.1) is 5.10 Å². The molecule has 1 aromatic carbocycles. The summed E-state index contributed by atoms with van der Waals surface area (Å²) >= 11 is 0. The maximum absolute atomic E-state index is 13.5. The van der Waals surface area contributed by atoms with Crippen molar-refractivity contribution in [2.75, 3.05) is 7.05 Å². The van der Waals surface area contributed by atoms with E-state index in [9.17, 15) is 9.18 Å². The Hall–Kier alpha value is -2.24. The monoisotopic (exact) mass is 276 g/mol. The van der Waals surface area contributed by atoms with Crippen LogP contribution in [0, 0.1) is 5.82 Å². The molecule has 6 heteroatoms. The molecule has 0 fully saturated rings. The second kappa shape index (κ2) is 6.27. The number of carbonyl (C=O) groups is 1. The van der Waals surface area contributed by atoms with E-state index < -0.39 is 0 Å². The van der Waals surface area contributed by atoms with E-state index in [4.69, 9.17) is 0 Å². The Kier molecular flexibility index (Phi) is 4.45. The summed E-state index contributed by atoms with van der Waals surface area (Å²) in [5.41, 5.74) is 0.465. The largest absolute Gasteiger partial charge is 0.334 e. The van der Waals surface area contributed by atoms with Crippen molar-refractivity contribution in [2.24, 2.45) is 0 Å². The highest BCUT2D eigenvalue weighted by atomic mass is 19.1. The summed E-state index contributed by atoms with van der Waals surface area (Å²) < 4.78 is 13.5. The standard InChI is InChI=1S/C14H17FN4O/c1-3-6-12-16-13(18-17-12)14(20)19(2)9-10-7-4-5-8-11(10)15/h4-5,7-8H,3,6,9H2,1-2H3,(H,16,17,18). The summed E-state index contributed by atoms with van der Waals surface area (Å²) in [6.45, 7) is 2.21. The Bertz CT molecular complexity index is 596. The van der Waals surface area contributed by atoms with Gasteiger partial charge < -0.3 is 4.90 Å². The van der Waals surface area contributed by atoms with Gasteiger partial charge in [-0.05, 0) is 12.5 Å². The van der Waals surface area contributed by atoms with Gasteiger partial charge in [0.2, 0.25) is 5.82 Å². The number of nitrogens with one attached hydrogen (secondary N) is 1. The van der Waals surface area contributed by atoms with Crippen LogP contribution in [0.1, 0.15) is 35.4 Å². The number of benzene rings is 1. The van der Waals surface area contributed by atoms with E-state index in [0.29, 0.717) is 11.4 Å². The summed E-state index contributed by atoms with van der Waals surface area (Å²) in [4.78, 5) is 17.7. The van der Waals surface area contributed by atoms with Crippen LogP contribution < -0.4 is 0 Å². The molecule has 1 N–H and O–H groups in total. The minimum absolute atomic E-state index is 0.118. The first-order valence-electron chi connectivity index (χ1n) is 6.52. The third-order valence-corrected chi connectivity index (χ3v) is 2.92. The van der Waals surface area contributed by atoms with Gasteiger partial charge in [-0.1, -0.05) is 25.1 Å². The molecular weight excluding hydrogens is 259 g/mol. The van der Waals surface area contributed by atoms with Crippen LogP contribution in [-0.2, 0) is 13.0 Å². The maximum atomic E-state index is 13.5. The summed E-state index contributed by atoms with van der Waals surface area (Å²) in [5.74, 6) is 0.156. The van der Waals surface area contributed by atoms with E-state index in [1.54, 1.807) is 25.2 Å². The molecule has 0 spiro atoms. The first-order valence-corrected chi connectivity index (χ1v) is 6.52. The molecule has 0 radical (unpaired) electrons. The molecule has 5 nitrogen and oxygen atoms in total. The molecule has 1 heterocycles. The molecule has 0 saturated carbocycles. The molecule has 0 unspecified atom stereocenters. The van der Waals surface area contributed by atoms with Crippen molar-refractivity contribution in [1.82, 2.24) is 20.1 Å². The third-order valence-electron chi connectivity index (χ3n) is 2.92. The van der Waals surface area contributed by atoms with Crippen LogP contribution in [0.15, 0.2) is 24.3 Å². The number of hydrogen-bond acceptors (Lipinski definition) is 3. The Morgan fingerprint density at radius 1 is 1.40 bits per heavy atom. The second-order valence-corrected chi connectivity index (χ2v) is 4.61. The number of nitrogens with zero attached hydrogens (tertiary/aromatic N) is 3. The zero-order chi connectivity index (χ0) is 14.5. The normalized spacial score (nSPS) is 10.6. The summed E-state index contributed by atoms with van der Waals surface area (Å²) in [6, 6.07) is 6.38. The molecule has 2 aromatic rings. The van der Waals surface area contributed by atoms with E-state index in [2.05, 4.69) is 15.2 Å². The van der Waals surface area contributed by atoms with Crippen LogP contribution >= 0.6 is 0 Å². The lowest BCUT2D eigenvalue weighted by Gasteiger charge is -2.15. The van der Waals surface area contributed by atoms with Crippen molar-refractivity contribution in [3.63, 3.8) is 0 Å². The molecule has 1 amide bonds. The van der Waals surface area contributed by atoms with E-state index in [1.807, 2.05) is 6.92 Å². The van der Waals surface area contributed by atoms with Crippen LogP contribution in [0.2, 0.25) is 0 Å². The van der Waals surface area contributed by atoms with Crippen LogP contribution in [0.25, 0.3) is 0 Å². The number of halogens is 1. The van der Waals surface area contributed by atoms with Crippen molar-refractivity contribution in [3.05, 3.63) is 47.3 Å². The van der Waals surface area contributed by atoms with Gasteiger partial charge in [0.15, 0.2) is 0 Å². The fourth-order valence-electron chi connectivity index (χ4n) is 1.86. The molecule has 0 aliphatic rings. The van der Waals surface area contributed by atoms with Crippen LogP contribution in [0.4, 0.5) is 4.39 Å². The summed E-state index contributed by atoms with van der Waals surface area (Å²) in [5, 5.41) is 6.63. The van der Waals surface area contributed by atoms with Gasteiger partial charge in [0.05, 0.1) is 0 Å². The van der Waals surface area contributed by atoms with Crippen molar-refractivity contribution in [2.45, 2.75) is 26.3 Å². The fraction of sp³-hybridized carbons (Fsp3) is 0.357. The van der Waals surface area contributed by atoms with Gasteiger partial charge in [-0.2, -0.15) is 0 Å². The first-order chi connectivity index (χ1) is 9.61. The quantitative estimate of drug-likeness (QED) is 0.910. The van der Waals surface area contributed by atoms with Crippen LogP contribution in [-0.4, -0.2) is 33.0 Å². The first kappa shape index (κ1) is 14.2. The third kappa shape index (κ3) is 3.20. The average molecular weight is 276 g/mol. The number of carbonyl (C=O) groups excluding carboxylic acids is 1. The molecule has 2 rings (SSSR count). The van der Waals surface area contributed by atoms with Gasteiger partial charge in [-0.25, -0.2) is 9.37 Å². The molecule has 0 aliphatic carbocycles. The highest BCUT2D eigenvalue weighted by Gasteiger charge is 2.18. The lowest BCUT2D eigenvalue weighted by Crippen LogP contribution is -2.27. The molecule has 0 saturated heterocycles. The molecule has 20 heavy (non-hydrogen) atoms. The number of aromatic amines is 1. The number of hydrogen-bond donors (Lipinski definition) is 1. The number of rotatable bonds is 5. The van der Waals surface area contributed by atoms with Gasteiger partial charge >= 0.3 is 0 Å². The second-order valence-electron chi connectivity index (χ2n) is 4.61. The van der Waals surface area contributed by atoms with E-state index in [0.717, 1.165) is 12.8 Å². The zero-order valence-corrected chi connectivity index (χ0v) is 11.6. The summed E-state index contributed by atoms with van der Waals surface area (Å²) in [6.07, 6.45) is 1.67. The molecule has 0 aliphatic heterocycles. The molecule has 1 aromatic heterocycles. The predicted molar refractivity (Wildman–Crippen MR) is 72.6 cm³/mol. The minimum Gasteiger partial charge on any atom is -0.334 e. The molecular formula is C14H17FN4O. The Morgan fingerprint density at radius 2 is 2.15 bits per heavy atom. The maximum Gasteiger partial charge on any atom is 0.293 e. The zero-order valence-electron chi connectivity index (χ0n) is 11.6. The van der Waals surface area contributed by atoms with Crippen LogP contribution in [0.5, 0.6) is 0 Å². The lowest BCUT2D eigenvalue weighted by atomic mass is 10.2. The van der Waals surface area contributed by atoms with Gasteiger partial charge in [0, 0.05) is 25.6 Å². The smallest absolute Gasteiger partial charge is 0.293 e. The van der Waals surface area contributed by atoms with Crippen molar-refractivity contribution in [3.8, 4) is 0 Å². The lowest BCUT2D eigenvalue weighted by molar-refractivity contribution is 0.0772. The van der Waals surface area contributed by atoms with Crippen molar-refractivity contribution < 1.29 is 9.18 Å². The number of aromatic nitrogens is 3. The van der Waals surface area contributed by atoms with E-state index in [1.165, 1.54) is 11.0 Å². The molecule has 0 atom stereocenters. The predicted octanol–water partition coefficient (Wildman–Crippen LogP) is 2.17.